The maximum atomic E-state index is 12.8. The van der Waals surface area contributed by atoms with E-state index in [2.05, 4.69) is 21.4 Å². The van der Waals surface area contributed by atoms with Crippen molar-refractivity contribution in [2.45, 2.75) is 6.92 Å². The van der Waals surface area contributed by atoms with E-state index in [1.54, 1.807) is 49.4 Å². The van der Waals surface area contributed by atoms with Crippen molar-refractivity contribution in [1.29, 1.82) is 0 Å². The second kappa shape index (κ2) is 9.50. The average Bonchev–Trinajstić information content (AvgIpc) is 2.99. The van der Waals surface area contributed by atoms with E-state index in [9.17, 15) is 14.7 Å². The number of phenols is 1. The maximum absolute atomic E-state index is 12.8. The van der Waals surface area contributed by atoms with Gasteiger partial charge in [0.15, 0.2) is 15.8 Å². The number of aromatic hydroxyl groups is 1. The monoisotopic (exact) mass is 508 g/mol. The summed E-state index contributed by atoms with van der Waals surface area (Å²) in [5, 5.41) is 11.1. The summed E-state index contributed by atoms with van der Waals surface area (Å²) >= 11 is 9.59. The van der Waals surface area contributed by atoms with E-state index in [0.29, 0.717) is 38.6 Å². The summed E-state index contributed by atoms with van der Waals surface area (Å²) in [6.07, 6.45) is 1.62. The third-order valence-corrected chi connectivity index (χ3v) is 5.91. The minimum Gasteiger partial charge on any atom is -0.503 e. The van der Waals surface area contributed by atoms with E-state index < -0.39 is 11.8 Å². The summed E-state index contributed by atoms with van der Waals surface area (Å²) in [5.41, 5.74) is 3.52. The number of amides is 2. The molecule has 1 saturated heterocycles. The van der Waals surface area contributed by atoms with Gasteiger partial charge in [-0.15, -0.1) is 0 Å². The first-order chi connectivity index (χ1) is 14.3. The predicted octanol–water partition coefficient (Wildman–Crippen LogP) is 4.11. The van der Waals surface area contributed by atoms with Crippen LogP contribution >= 0.6 is 39.9 Å². The average molecular weight is 509 g/mol. The van der Waals surface area contributed by atoms with Crippen molar-refractivity contribution in [3.05, 3.63) is 56.9 Å². The van der Waals surface area contributed by atoms with Gasteiger partial charge in [-0.2, -0.15) is 5.01 Å². The molecule has 30 heavy (non-hydrogen) atoms. The van der Waals surface area contributed by atoms with Gasteiger partial charge < -0.3 is 14.6 Å². The van der Waals surface area contributed by atoms with Crippen LogP contribution in [0.15, 0.2) is 45.8 Å². The van der Waals surface area contributed by atoms with Crippen molar-refractivity contribution >= 4 is 62.1 Å². The Morgan fingerprint density at radius 3 is 2.67 bits per heavy atom. The van der Waals surface area contributed by atoms with Crippen LogP contribution in [0.4, 0.5) is 0 Å². The highest BCUT2D eigenvalue weighted by atomic mass is 79.9. The number of carbonyl (C=O) groups excluding carboxylic acids is 2. The zero-order valence-electron chi connectivity index (χ0n) is 16.0. The molecule has 1 fully saturated rings. The number of hydrogen-bond donors (Lipinski definition) is 2. The molecular formula is C20H17BrN2O5S2. The number of phenolic OH excluding ortho intramolecular Hbond substituents is 1. The molecule has 0 aromatic heterocycles. The van der Waals surface area contributed by atoms with Gasteiger partial charge in [-0.05, 0) is 83.1 Å². The molecule has 0 saturated carbocycles. The molecule has 7 nitrogen and oxygen atoms in total. The summed E-state index contributed by atoms with van der Waals surface area (Å²) < 4.78 is 11.1. The normalized spacial score (nSPS) is 14.9. The van der Waals surface area contributed by atoms with Gasteiger partial charge in [-0.1, -0.05) is 11.8 Å². The lowest BCUT2D eigenvalue weighted by molar-refractivity contribution is -0.123. The van der Waals surface area contributed by atoms with Crippen molar-refractivity contribution in [1.82, 2.24) is 10.4 Å². The van der Waals surface area contributed by atoms with E-state index >= 15 is 0 Å². The van der Waals surface area contributed by atoms with Crippen LogP contribution in [0.25, 0.3) is 6.08 Å². The van der Waals surface area contributed by atoms with Crippen LogP contribution in [-0.4, -0.2) is 40.0 Å². The highest BCUT2D eigenvalue weighted by Crippen LogP contribution is 2.38. The molecule has 10 heteroatoms. The Hall–Kier alpha value is -2.56. The van der Waals surface area contributed by atoms with Crippen molar-refractivity contribution in [3.8, 4) is 17.2 Å². The molecule has 0 unspecified atom stereocenters. The highest BCUT2D eigenvalue weighted by molar-refractivity contribution is 9.10. The molecule has 2 aromatic rings. The number of ether oxygens (including phenoxy) is 2. The molecule has 2 aromatic carbocycles. The number of carbonyl (C=O) groups is 2. The van der Waals surface area contributed by atoms with E-state index in [0.717, 1.165) is 16.8 Å². The SMILES string of the molecule is CCOc1cc(/C=C2/SC(=S)N(NC(=O)c3ccc(OC)cc3)C2=O)cc(Br)c1O. The quantitative estimate of drug-likeness (QED) is 0.448. The summed E-state index contributed by atoms with van der Waals surface area (Å²) in [6.45, 7) is 2.18. The van der Waals surface area contributed by atoms with Crippen LogP contribution in [-0.2, 0) is 4.79 Å². The van der Waals surface area contributed by atoms with Crippen LogP contribution in [0.2, 0.25) is 0 Å². The summed E-state index contributed by atoms with van der Waals surface area (Å²) in [7, 11) is 1.53. The lowest BCUT2D eigenvalue weighted by Crippen LogP contribution is -2.44. The van der Waals surface area contributed by atoms with E-state index in [1.807, 2.05) is 0 Å². The number of hydrogen-bond acceptors (Lipinski definition) is 7. The van der Waals surface area contributed by atoms with E-state index in [1.165, 1.54) is 7.11 Å². The van der Waals surface area contributed by atoms with Gasteiger partial charge in [-0.25, -0.2) is 0 Å². The Morgan fingerprint density at radius 1 is 1.33 bits per heavy atom. The first-order valence-electron chi connectivity index (χ1n) is 8.72. The molecule has 156 valence electrons. The largest absolute Gasteiger partial charge is 0.503 e. The molecule has 0 atom stereocenters. The predicted molar refractivity (Wildman–Crippen MR) is 122 cm³/mol. The van der Waals surface area contributed by atoms with E-state index in [4.69, 9.17) is 21.7 Å². The molecular weight excluding hydrogens is 492 g/mol. The minimum atomic E-state index is -0.471. The summed E-state index contributed by atoms with van der Waals surface area (Å²) in [5.74, 6) is -0.0310. The first-order valence-corrected chi connectivity index (χ1v) is 10.7. The molecule has 0 bridgehead atoms. The molecule has 2 amide bonds. The second-order valence-electron chi connectivity index (χ2n) is 5.97. The zero-order valence-corrected chi connectivity index (χ0v) is 19.2. The summed E-state index contributed by atoms with van der Waals surface area (Å²) in [4.78, 5) is 25.6. The zero-order chi connectivity index (χ0) is 21.8. The maximum Gasteiger partial charge on any atom is 0.285 e. The van der Waals surface area contributed by atoms with Crippen LogP contribution < -0.4 is 14.9 Å². The van der Waals surface area contributed by atoms with Gasteiger partial charge in [-0.3, -0.25) is 15.0 Å². The second-order valence-corrected chi connectivity index (χ2v) is 8.50. The lowest BCUT2D eigenvalue weighted by atomic mass is 10.2. The molecule has 0 spiro atoms. The van der Waals surface area contributed by atoms with Crippen LogP contribution in [0.5, 0.6) is 17.2 Å². The number of rotatable bonds is 6. The fourth-order valence-electron chi connectivity index (χ4n) is 2.57. The number of thioether (sulfide) groups is 1. The standard InChI is InChI=1S/C20H17BrN2O5S2/c1-3-28-15-9-11(8-14(21)17(15)24)10-16-19(26)23(20(29)30-16)22-18(25)12-4-6-13(27-2)7-5-12/h4-10,24H,3H2,1-2H3,(H,22,25)/b16-10+. The van der Waals surface area contributed by atoms with Gasteiger partial charge >= 0.3 is 0 Å². The Labute approximate surface area is 191 Å². The molecule has 1 heterocycles. The molecule has 1 aliphatic heterocycles. The number of methoxy groups -OCH3 is 1. The fraction of sp³-hybridized carbons (Fsp3) is 0.150. The van der Waals surface area contributed by atoms with Gasteiger partial charge in [0.1, 0.15) is 5.75 Å². The Kier molecular flexibility index (Phi) is 7.01. The van der Waals surface area contributed by atoms with Crippen LogP contribution in [0, 0.1) is 0 Å². The Bertz CT molecular complexity index is 1040. The molecule has 1 aliphatic rings. The molecule has 3 rings (SSSR count). The Balaban J connectivity index is 1.79. The summed E-state index contributed by atoms with van der Waals surface area (Å²) in [6, 6.07) is 9.75. The lowest BCUT2D eigenvalue weighted by Gasteiger charge is -2.15. The molecule has 2 N–H and O–H groups in total. The number of thiocarbonyl (C=S) groups is 1. The van der Waals surface area contributed by atoms with Crippen LogP contribution in [0.1, 0.15) is 22.8 Å². The first kappa shape index (κ1) is 22.1. The number of hydrazine groups is 1. The van der Waals surface area contributed by atoms with Gasteiger partial charge in [0.2, 0.25) is 0 Å². The number of benzene rings is 2. The van der Waals surface area contributed by atoms with Crippen LogP contribution in [0.3, 0.4) is 0 Å². The van der Waals surface area contributed by atoms with Crippen molar-refractivity contribution < 1.29 is 24.2 Å². The number of nitrogens with one attached hydrogen (secondary N) is 1. The Morgan fingerprint density at radius 2 is 2.03 bits per heavy atom. The topological polar surface area (TPSA) is 88.1 Å². The molecule has 0 radical (unpaired) electrons. The number of nitrogens with zero attached hydrogens (tertiary/aromatic N) is 1. The smallest absolute Gasteiger partial charge is 0.285 e. The van der Waals surface area contributed by atoms with Gasteiger partial charge in [0.25, 0.3) is 11.8 Å². The number of halogens is 1. The minimum absolute atomic E-state index is 0.0201. The van der Waals surface area contributed by atoms with Gasteiger partial charge in [0.05, 0.1) is 23.1 Å². The fourth-order valence-corrected chi connectivity index (χ4v) is 4.21. The van der Waals surface area contributed by atoms with Gasteiger partial charge in [0, 0.05) is 5.56 Å². The highest BCUT2D eigenvalue weighted by Gasteiger charge is 2.34. The van der Waals surface area contributed by atoms with Crippen molar-refractivity contribution in [3.63, 3.8) is 0 Å². The van der Waals surface area contributed by atoms with E-state index in [-0.39, 0.29) is 10.1 Å². The third kappa shape index (κ3) is 4.77. The van der Waals surface area contributed by atoms with Crippen molar-refractivity contribution in [2.24, 2.45) is 0 Å². The molecule has 0 aliphatic carbocycles. The van der Waals surface area contributed by atoms with Crippen molar-refractivity contribution in [2.75, 3.05) is 13.7 Å². The third-order valence-electron chi connectivity index (χ3n) is 4.01.